The molecule has 0 aromatic heterocycles. The van der Waals surface area contributed by atoms with Crippen molar-refractivity contribution in [3.05, 3.63) is 28.8 Å². The number of methoxy groups -OCH3 is 1. The Bertz CT molecular complexity index is 473. The summed E-state index contributed by atoms with van der Waals surface area (Å²) in [5.41, 5.74) is 1.18. The van der Waals surface area contributed by atoms with Gasteiger partial charge in [0.15, 0.2) is 5.11 Å². The molecule has 2 N–H and O–H groups in total. The second-order valence-electron chi connectivity index (χ2n) is 3.76. The second-order valence-corrected chi connectivity index (χ2v) is 4.58. The SMILES string of the molecule is COCC(C)NC(=S)Nc1ccc(C#N)cc1Cl. The van der Waals surface area contributed by atoms with Crippen molar-refractivity contribution in [2.75, 3.05) is 19.0 Å². The summed E-state index contributed by atoms with van der Waals surface area (Å²) in [5, 5.41) is 15.7. The minimum absolute atomic E-state index is 0.104. The van der Waals surface area contributed by atoms with Gasteiger partial charge in [-0.05, 0) is 37.3 Å². The van der Waals surface area contributed by atoms with Gasteiger partial charge < -0.3 is 15.4 Å². The molecule has 0 spiro atoms. The number of hydrogen-bond donors (Lipinski definition) is 2. The first-order valence-corrected chi connectivity index (χ1v) is 6.11. The largest absolute Gasteiger partial charge is 0.383 e. The fourth-order valence-corrected chi connectivity index (χ4v) is 1.90. The molecule has 1 unspecified atom stereocenters. The molecular weight excluding hydrogens is 270 g/mol. The van der Waals surface area contributed by atoms with E-state index in [1.165, 1.54) is 0 Å². The third-order valence-corrected chi connectivity index (χ3v) is 2.67. The van der Waals surface area contributed by atoms with E-state index in [0.717, 1.165) is 0 Å². The van der Waals surface area contributed by atoms with Crippen LogP contribution in [0.1, 0.15) is 12.5 Å². The van der Waals surface area contributed by atoms with Crippen molar-refractivity contribution in [2.45, 2.75) is 13.0 Å². The highest BCUT2D eigenvalue weighted by Crippen LogP contribution is 2.22. The smallest absolute Gasteiger partial charge is 0.171 e. The predicted molar refractivity (Wildman–Crippen MR) is 76.9 cm³/mol. The van der Waals surface area contributed by atoms with Crippen molar-refractivity contribution in [1.29, 1.82) is 5.26 Å². The summed E-state index contributed by atoms with van der Waals surface area (Å²) in [6.45, 7) is 2.51. The van der Waals surface area contributed by atoms with Crippen molar-refractivity contribution < 1.29 is 4.74 Å². The molecule has 0 amide bonds. The summed E-state index contributed by atoms with van der Waals surface area (Å²) in [7, 11) is 1.63. The van der Waals surface area contributed by atoms with Gasteiger partial charge in [0.1, 0.15) is 0 Å². The molecule has 1 aromatic rings. The van der Waals surface area contributed by atoms with E-state index in [4.69, 9.17) is 33.8 Å². The minimum atomic E-state index is 0.104. The Morgan fingerprint density at radius 3 is 2.89 bits per heavy atom. The average Bonchev–Trinajstić information content (AvgIpc) is 2.31. The molecule has 0 aliphatic rings. The summed E-state index contributed by atoms with van der Waals surface area (Å²) in [5.74, 6) is 0. The molecular formula is C12H14ClN3OS. The van der Waals surface area contributed by atoms with E-state index in [-0.39, 0.29) is 6.04 Å². The molecule has 1 rings (SSSR count). The summed E-state index contributed by atoms with van der Waals surface area (Å²) >= 11 is 11.2. The first-order chi connectivity index (χ1) is 8.56. The fraction of sp³-hybridized carbons (Fsp3) is 0.333. The van der Waals surface area contributed by atoms with Crippen LogP contribution in [0.3, 0.4) is 0 Å². The van der Waals surface area contributed by atoms with Gasteiger partial charge in [0, 0.05) is 13.2 Å². The number of thiocarbonyl (C=S) groups is 1. The van der Waals surface area contributed by atoms with Crippen LogP contribution in [0.4, 0.5) is 5.69 Å². The number of halogens is 1. The molecule has 0 aliphatic carbocycles. The van der Waals surface area contributed by atoms with Crippen LogP contribution in [-0.2, 0) is 4.74 Å². The maximum absolute atomic E-state index is 8.73. The van der Waals surface area contributed by atoms with Gasteiger partial charge in [0.2, 0.25) is 0 Å². The molecule has 1 atom stereocenters. The Morgan fingerprint density at radius 1 is 1.61 bits per heavy atom. The van der Waals surface area contributed by atoms with E-state index >= 15 is 0 Å². The highest BCUT2D eigenvalue weighted by atomic mass is 35.5. The van der Waals surface area contributed by atoms with Gasteiger partial charge in [-0.15, -0.1) is 0 Å². The van der Waals surface area contributed by atoms with E-state index in [1.807, 2.05) is 13.0 Å². The normalized spacial score (nSPS) is 11.4. The zero-order valence-electron chi connectivity index (χ0n) is 10.2. The van der Waals surface area contributed by atoms with Gasteiger partial charge in [0.25, 0.3) is 0 Å². The Kier molecular flexibility index (Phi) is 5.86. The minimum Gasteiger partial charge on any atom is -0.383 e. The van der Waals surface area contributed by atoms with Gasteiger partial charge in [-0.1, -0.05) is 11.6 Å². The van der Waals surface area contributed by atoms with Crippen LogP contribution in [0.2, 0.25) is 5.02 Å². The molecule has 0 saturated heterocycles. The van der Waals surface area contributed by atoms with Crippen molar-refractivity contribution >= 4 is 34.6 Å². The van der Waals surface area contributed by atoms with E-state index < -0.39 is 0 Å². The van der Waals surface area contributed by atoms with Gasteiger partial charge in [0.05, 0.1) is 28.9 Å². The number of rotatable bonds is 4. The van der Waals surface area contributed by atoms with Crippen molar-refractivity contribution in [1.82, 2.24) is 5.32 Å². The first kappa shape index (κ1) is 14.7. The maximum Gasteiger partial charge on any atom is 0.171 e. The monoisotopic (exact) mass is 283 g/mol. The van der Waals surface area contributed by atoms with Crippen LogP contribution in [0.25, 0.3) is 0 Å². The molecule has 1 aromatic carbocycles. The molecule has 0 radical (unpaired) electrons. The lowest BCUT2D eigenvalue weighted by Gasteiger charge is -2.16. The lowest BCUT2D eigenvalue weighted by molar-refractivity contribution is 0.179. The summed E-state index contributed by atoms with van der Waals surface area (Å²) in [4.78, 5) is 0. The van der Waals surface area contributed by atoms with Crippen LogP contribution in [-0.4, -0.2) is 24.9 Å². The number of nitrogens with one attached hydrogen (secondary N) is 2. The maximum atomic E-state index is 8.73. The number of nitriles is 1. The number of nitrogens with zero attached hydrogens (tertiary/aromatic N) is 1. The molecule has 6 heteroatoms. The van der Waals surface area contributed by atoms with E-state index in [0.29, 0.717) is 28.0 Å². The molecule has 96 valence electrons. The Balaban J connectivity index is 2.62. The molecule has 0 aliphatic heterocycles. The highest BCUT2D eigenvalue weighted by Gasteiger charge is 2.06. The third kappa shape index (κ3) is 4.49. The number of hydrogen-bond acceptors (Lipinski definition) is 3. The third-order valence-electron chi connectivity index (χ3n) is 2.14. The van der Waals surface area contributed by atoms with Crippen molar-refractivity contribution in [3.63, 3.8) is 0 Å². The van der Waals surface area contributed by atoms with Gasteiger partial charge in [-0.2, -0.15) is 5.26 Å². The van der Waals surface area contributed by atoms with Gasteiger partial charge >= 0.3 is 0 Å². The van der Waals surface area contributed by atoms with Crippen LogP contribution in [0.15, 0.2) is 18.2 Å². The highest BCUT2D eigenvalue weighted by molar-refractivity contribution is 7.80. The Hall–Kier alpha value is -1.35. The van der Waals surface area contributed by atoms with Crippen LogP contribution >= 0.6 is 23.8 Å². The Morgan fingerprint density at radius 2 is 2.33 bits per heavy atom. The molecule has 18 heavy (non-hydrogen) atoms. The van der Waals surface area contributed by atoms with Crippen molar-refractivity contribution in [3.8, 4) is 6.07 Å². The van der Waals surface area contributed by atoms with E-state index in [1.54, 1.807) is 25.3 Å². The lowest BCUT2D eigenvalue weighted by Crippen LogP contribution is -2.38. The number of benzene rings is 1. The summed E-state index contributed by atoms with van der Waals surface area (Å²) in [6, 6.07) is 7.11. The van der Waals surface area contributed by atoms with E-state index in [9.17, 15) is 0 Å². The summed E-state index contributed by atoms with van der Waals surface area (Å²) in [6.07, 6.45) is 0. The van der Waals surface area contributed by atoms with Crippen LogP contribution < -0.4 is 10.6 Å². The molecule has 0 fully saturated rings. The topological polar surface area (TPSA) is 57.1 Å². The zero-order chi connectivity index (χ0) is 13.5. The van der Waals surface area contributed by atoms with Crippen molar-refractivity contribution in [2.24, 2.45) is 0 Å². The molecule has 0 bridgehead atoms. The first-order valence-electron chi connectivity index (χ1n) is 5.33. The van der Waals surface area contributed by atoms with Crippen LogP contribution in [0, 0.1) is 11.3 Å². The van der Waals surface area contributed by atoms with E-state index in [2.05, 4.69) is 10.6 Å². The number of ether oxygens (including phenoxy) is 1. The molecule has 4 nitrogen and oxygen atoms in total. The van der Waals surface area contributed by atoms with Crippen LogP contribution in [0.5, 0.6) is 0 Å². The second kappa shape index (κ2) is 7.17. The average molecular weight is 284 g/mol. The summed E-state index contributed by atoms with van der Waals surface area (Å²) < 4.78 is 5.00. The Labute approximate surface area is 117 Å². The predicted octanol–water partition coefficient (Wildman–Crippen LogP) is 2.53. The van der Waals surface area contributed by atoms with Gasteiger partial charge in [-0.3, -0.25) is 0 Å². The quantitative estimate of drug-likeness (QED) is 0.832. The fourth-order valence-electron chi connectivity index (χ4n) is 1.36. The van der Waals surface area contributed by atoms with Gasteiger partial charge in [-0.25, -0.2) is 0 Å². The molecule has 0 heterocycles. The zero-order valence-corrected chi connectivity index (χ0v) is 11.7. The lowest BCUT2D eigenvalue weighted by atomic mass is 10.2. The standard InChI is InChI=1S/C12H14ClN3OS/c1-8(7-17-2)15-12(18)16-11-4-3-9(6-14)5-10(11)13/h3-5,8H,7H2,1-2H3,(H2,15,16,18). The number of anilines is 1. The molecule has 0 saturated carbocycles.